The molecule has 6 nitrogen and oxygen atoms in total. The molecule has 0 saturated heterocycles. The lowest BCUT2D eigenvalue weighted by Gasteiger charge is -2.02. The summed E-state index contributed by atoms with van der Waals surface area (Å²) in [5, 5.41) is 5.94. The number of unbranched alkanes of at least 4 members (excludes halogenated alkanes) is 1. The number of nitrogens with zero attached hydrogens (tertiary/aromatic N) is 1. The van der Waals surface area contributed by atoms with E-state index in [4.69, 9.17) is 5.73 Å². The number of primary amides is 1. The second kappa shape index (κ2) is 7.73. The van der Waals surface area contributed by atoms with E-state index in [0.29, 0.717) is 24.5 Å². The molecule has 0 unspecified atom stereocenters. The maximum Gasteiger partial charge on any atom is 0.312 e. The van der Waals surface area contributed by atoms with Crippen LogP contribution in [0.15, 0.2) is 0 Å². The first-order valence-corrected chi connectivity index (χ1v) is 7.14. The quantitative estimate of drug-likeness (QED) is 0.666. The number of nitrogens with two attached hydrogens (primary N) is 1. The minimum atomic E-state index is -0.533. The average Bonchev–Trinajstić information content (AvgIpc) is 2.68. The van der Waals surface area contributed by atoms with Crippen LogP contribution in [0.4, 0.5) is 9.93 Å². The van der Waals surface area contributed by atoms with Gasteiger partial charge in [-0.25, -0.2) is 9.78 Å². The third-order valence-corrected chi connectivity index (χ3v) is 3.53. The van der Waals surface area contributed by atoms with Crippen molar-refractivity contribution in [2.24, 2.45) is 5.73 Å². The van der Waals surface area contributed by atoms with Gasteiger partial charge in [-0.2, -0.15) is 0 Å². The first-order chi connectivity index (χ1) is 9.02. The first-order valence-electron chi connectivity index (χ1n) is 6.32. The van der Waals surface area contributed by atoms with Gasteiger partial charge in [-0.05, 0) is 26.2 Å². The lowest BCUT2D eigenvalue weighted by molar-refractivity contribution is -0.116. The summed E-state index contributed by atoms with van der Waals surface area (Å²) in [6, 6.07) is -0.533. The second-order valence-corrected chi connectivity index (χ2v) is 5.37. The number of anilines is 1. The highest BCUT2D eigenvalue weighted by Gasteiger charge is 2.08. The number of aromatic nitrogens is 1. The van der Waals surface area contributed by atoms with Gasteiger partial charge in [0.15, 0.2) is 5.13 Å². The van der Waals surface area contributed by atoms with Gasteiger partial charge in [-0.3, -0.25) is 4.79 Å². The fourth-order valence-electron chi connectivity index (χ4n) is 1.61. The van der Waals surface area contributed by atoms with Crippen molar-refractivity contribution in [1.29, 1.82) is 0 Å². The van der Waals surface area contributed by atoms with Crippen LogP contribution in [0.3, 0.4) is 0 Å². The summed E-state index contributed by atoms with van der Waals surface area (Å²) in [4.78, 5) is 27.6. The Morgan fingerprint density at radius 2 is 2.11 bits per heavy atom. The zero-order valence-corrected chi connectivity index (χ0v) is 12.1. The van der Waals surface area contributed by atoms with Gasteiger partial charge in [-0.15, -0.1) is 11.3 Å². The normalized spacial score (nSPS) is 10.2. The molecule has 0 saturated carbocycles. The van der Waals surface area contributed by atoms with Gasteiger partial charge in [0.1, 0.15) is 0 Å². The molecule has 0 aliphatic carbocycles. The minimum absolute atomic E-state index is 0.0459. The second-order valence-electron chi connectivity index (χ2n) is 4.17. The van der Waals surface area contributed by atoms with Gasteiger partial charge in [0.2, 0.25) is 5.91 Å². The van der Waals surface area contributed by atoms with Crippen molar-refractivity contribution in [2.75, 3.05) is 11.9 Å². The molecule has 1 heterocycles. The Morgan fingerprint density at radius 3 is 2.68 bits per heavy atom. The molecule has 1 aromatic rings. The molecule has 0 spiro atoms. The minimum Gasteiger partial charge on any atom is -0.352 e. The fraction of sp³-hybridized carbons (Fsp3) is 0.583. The molecule has 0 bridgehead atoms. The zero-order chi connectivity index (χ0) is 14.3. The Hall–Kier alpha value is -1.63. The molecule has 0 fully saturated rings. The van der Waals surface area contributed by atoms with E-state index in [1.54, 1.807) is 0 Å². The molecule has 0 aliphatic rings. The topological polar surface area (TPSA) is 97.1 Å². The van der Waals surface area contributed by atoms with Gasteiger partial charge < -0.3 is 16.4 Å². The maximum atomic E-state index is 11.7. The van der Waals surface area contributed by atoms with Gasteiger partial charge in [0, 0.05) is 17.8 Å². The number of rotatable bonds is 7. The standard InChI is InChI=1S/C12H20N4O2S/c1-3-9-8(2)19-12(15-9)16-10(17)6-4-5-7-14-11(13)18/h3-7H2,1-2H3,(H3,13,14,18)(H,15,16,17). The van der Waals surface area contributed by atoms with E-state index in [2.05, 4.69) is 15.6 Å². The van der Waals surface area contributed by atoms with E-state index in [9.17, 15) is 9.59 Å². The average molecular weight is 284 g/mol. The Labute approximate surface area is 116 Å². The Bertz CT molecular complexity index is 445. The van der Waals surface area contributed by atoms with E-state index in [1.165, 1.54) is 11.3 Å². The summed E-state index contributed by atoms with van der Waals surface area (Å²) in [5.74, 6) is -0.0459. The van der Waals surface area contributed by atoms with Gasteiger partial charge in [0.05, 0.1) is 5.69 Å². The van der Waals surface area contributed by atoms with Crippen molar-refractivity contribution in [2.45, 2.75) is 39.5 Å². The van der Waals surface area contributed by atoms with Crippen LogP contribution >= 0.6 is 11.3 Å². The third kappa shape index (κ3) is 5.69. The number of hydrogen-bond donors (Lipinski definition) is 3. The summed E-state index contributed by atoms with van der Waals surface area (Å²) in [7, 11) is 0. The number of thiazole rings is 1. The number of aryl methyl sites for hydroxylation is 2. The molecule has 0 aliphatic heterocycles. The number of amides is 3. The molecule has 1 aromatic heterocycles. The van der Waals surface area contributed by atoms with Crippen molar-refractivity contribution < 1.29 is 9.59 Å². The highest BCUT2D eigenvalue weighted by Crippen LogP contribution is 2.22. The van der Waals surface area contributed by atoms with Gasteiger partial charge >= 0.3 is 6.03 Å². The predicted octanol–water partition coefficient (Wildman–Crippen LogP) is 1.79. The van der Waals surface area contributed by atoms with Crippen molar-refractivity contribution in [3.8, 4) is 0 Å². The highest BCUT2D eigenvalue weighted by molar-refractivity contribution is 7.15. The van der Waals surface area contributed by atoms with E-state index in [-0.39, 0.29) is 5.91 Å². The van der Waals surface area contributed by atoms with E-state index in [1.807, 2.05) is 13.8 Å². The number of hydrogen-bond acceptors (Lipinski definition) is 4. The van der Waals surface area contributed by atoms with Crippen LogP contribution in [0.1, 0.15) is 36.8 Å². The molecule has 4 N–H and O–H groups in total. The molecule has 19 heavy (non-hydrogen) atoms. The van der Waals surface area contributed by atoms with Crippen LogP contribution in [0.5, 0.6) is 0 Å². The van der Waals surface area contributed by atoms with Crippen LogP contribution in [0.2, 0.25) is 0 Å². The lowest BCUT2D eigenvalue weighted by atomic mass is 10.2. The maximum absolute atomic E-state index is 11.7. The van der Waals surface area contributed by atoms with Crippen molar-refractivity contribution in [3.63, 3.8) is 0 Å². The van der Waals surface area contributed by atoms with Gasteiger partial charge in [-0.1, -0.05) is 6.92 Å². The van der Waals surface area contributed by atoms with Crippen LogP contribution in [0.25, 0.3) is 0 Å². The largest absolute Gasteiger partial charge is 0.352 e. The summed E-state index contributed by atoms with van der Waals surface area (Å²) in [6.07, 6.45) is 2.72. The Kier molecular flexibility index (Phi) is 6.27. The number of carbonyl (C=O) groups excluding carboxylic acids is 2. The third-order valence-electron chi connectivity index (χ3n) is 2.60. The Morgan fingerprint density at radius 1 is 1.37 bits per heavy atom. The molecular formula is C12H20N4O2S. The van der Waals surface area contributed by atoms with E-state index < -0.39 is 6.03 Å². The number of carbonyl (C=O) groups is 2. The Balaban J connectivity index is 2.25. The van der Waals surface area contributed by atoms with E-state index >= 15 is 0 Å². The fourth-order valence-corrected chi connectivity index (χ4v) is 2.53. The summed E-state index contributed by atoms with van der Waals surface area (Å²) >= 11 is 1.50. The highest BCUT2D eigenvalue weighted by atomic mass is 32.1. The zero-order valence-electron chi connectivity index (χ0n) is 11.3. The first kappa shape index (κ1) is 15.4. The van der Waals surface area contributed by atoms with Gasteiger partial charge in [0.25, 0.3) is 0 Å². The van der Waals surface area contributed by atoms with Crippen LogP contribution in [-0.4, -0.2) is 23.5 Å². The number of nitrogens with one attached hydrogen (secondary N) is 2. The summed E-state index contributed by atoms with van der Waals surface area (Å²) in [6.45, 7) is 4.54. The molecular weight excluding hydrogens is 264 g/mol. The van der Waals surface area contributed by atoms with Crippen LogP contribution in [-0.2, 0) is 11.2 Å². The lowest BCUT2D eigenvalue weighted by Crippen LogP contribution is -2.30. The van der Waals surface area contributed by atoms with Crippen molar-refractivity contribution in [1.82, 2.24) is 10.3 Å². The SMILES string of the molecule is CCc1nc(NC(=O)CCCCNC(N)=O)sc1C. The molecule has 0 aromatic carbocycles. The van der Waals surface area contributed by atoms with E-state index in [0.717, 1.165) is 23.4 Å². The van der Waals surface area contributed by atoms with Crippen molar-refractivity contribution >= 4 is 28.4 Å². The molecule has 0 radical (unpaired) electrons. The van der Waals surface area contributed by atoms with Crippen molar-refractivity contribution in [3.05, 3.63) is 10.6 Å². The monoisotopic (exact) mass is 284 g/mol. The molecule has 106 valence electrons. The molecule has 7 heteroatoms. The van der Waals surface area contributed by atoms with Crippen LogP contribution < -0.4 is 16.4 Å². The molecule has 1 rings (SSSR count). The predicted molar refractivity (Wildman–Crippen MR) is 76.3 cm³/mol. The number of urea groups is 1. The van der Waals surface area contributed by atoms with Crippen LogP contribution in [0, 0.1) is 6.92 Å². The summed E-state index contributed by atoms with van der Waals surface area (Å²) in [5.41, 5.74) is 5.96. The molecule has 3 amide bonds. The summed E-state index contributed by atoms with van der Waals surface area (Å²) < 4.78 is 0. The molecule has 0 atom stereocenters. The smallest absolute Gasteiger partial charge is 0.312 e.